The first-order valence-corrected chi connectivity index (χ1v) is 10.9. The maximum Gasteiger partial charge on any atom is 0.409 e. The van der Waals surface area contributed by atoms with Crippen molar-refractivity contribution in [1.29, 1.82) is 0 Å². The zero-order chi connectivity index (χ0) is 20.3. The number of likely N-dealkylation sites (tertiary alicyclic amines) is 1. The molecule has 0 aliphatic carbocycles. The van der Waals surface area contributed by atoms with Gasteiger partial charge >= 0.3 is 6.09 Å². The molecule has 1 fully saturated rings. The van der Waals surface area contributed by atoms with Crippen LogP contribution >= 0.6 is 11.8 Å². The van der Waals surface area contributed by atoms with Crippen molar-refractivity contribution in [2.45, 2.75) is 57.8 Å². The van der Waals surface area contributed by atoms with Crippen LogP contribution in [0.2, 0.25) is 0 Å². The van der Waals surface area contributed by atoms with Gasteiger partial charge in [-0.2, -0.15) is 0 Å². The van der Waals surface area contributed by atoms with Gasteiger partial charge in [-0.1, -0.05) is 18.7 Å². The van der Waals surface area contributed by atoms with E-state index in [-0.39, 0.29) is 29.5 Å². The number of nitrogens with zero attached hydrogens (tertiary/aromatic N) is 3. The zero-order valence-corrected chi connectivity index (χ0v) is 17.5. The van der Waals surface area contributed by atoms with Gasteiger partial charge < -0.3 is 15.0 Å². The molecule has 1 unspecified atom stereocenters. The fraction of sp³-hybridized carbons (Fsp3) is 0.684. The summed E-state index contributed by atoms with van der Waals surface area (Å²) in [7, 11) is 0. The van der Waals surface area contributed by atoms with Gasteiger partial charge in [-0.05, 0) is 33.1 Å². The lowest BCUT2D eigenvalue weighted by Gasteiger charge is -2.33. The minimum Gasteiger partial charge on any atom is -0.450 e. The molecule has 1 aromatic heterocycles. The Labute approximate surface area is 169 Å². The monoisotopic (exact) mass is 408 g/mol. The van der Waals surface area contributed by atoms with Gasteiger partial charge in [-0.25, -0.2) is 9.78 Å². The number of fused-ring (bicyclic) bond motifs is 1. The molecular formula is C19H28N4O4S. The number of carbonyl (C=O) groups excluding carboxylic acids is 2. The summed E-state index contributed by atoms with van der Waals surface area (Å²) < 4.78 is 6.67. The molecule has 0 aromatic carbocycles. The third-order valence-corrected chi connectivity index (χ3v) is 6.48. The number of amides is 2. The Morgan fingerprint density at radius 3 is 2.64 bits per heavy atom. The molecule has 9 heteroatoms. The molecule has 1 atom stereocenters. The summed E-state index contributed by atoms with van der Waals surface area (Å²) >= 11 is 1.47. The van der Waals surface area contributed by atoms with Crippen molar-refractivity contribution in [2.75, 3.05) is 25.4 Å². The van der Waals surface area contributed by atoms with Crippen LogP contribution in [0.15, 0.2) is 9.95 Å². The molecule has 8 nitrogen and oxygen atoms in total. The first-order chi connectivity index (χ1) is 13.4. The fourth-order valence-corrected chi connectivity index (χ4v) is 4.82. The average Bonchev–Trinajstić information content (AvgIpc) is 2.69. The van der Waals surface area contributed by atoms with Crippen molar-refractivity contribution in [3.05, 3.63) is 21.6 Å². The molecule has 3 rings (SSSR count). The topological polar surface area (TPSA) is 93.5 Å². The second-order valence-electron chi connectivity index (χ2n) is 7.20. The number of aromatic nitrogens is 2. The van der Waals surface area contributed by atoms with E-state index in [1.807, 2.05) is 13.8 Å². The molecule has 3 heterocycles. The second kappa shape index (κ2) is 8.98. The van der Waals surface area contributed by atoms with Crippen LogP contribution in [0.3, 0.4) is 0 Å². The molecule has 2 amide bonds. The first kappa shape index (κ1) is 20.7. The van der Waals surface area contributed by atoms with Crippen LogP contribution in [0.25, 0.3) is 0 Å². The fourth-order valence-electron chi connectivity index (χ4n) is 3.70. The van der Waals surface area contributed by atoms with E-state index in [0.29, 0.717) is 56.4 Å². The molecule has 1 N–H and O–H groups in total. The van der Waals surface area contributed by atoms with Gasteiger partial charge in [0.25, 0.3) is 5.56 Å². The van der Waals surface area contributed by atoms with Gasteiger partial charge in [0.05, 0.1) is 12.5 Å². The molecular weight excluding hydrogens is 380 g/mol. The number of aryl methyl sites for hydroxylation is 1. The average molecular weight is 409 g/mol. The number of piperidine rings is 1. The molecule has 154 valence electrons. The van der Waals surface area contributed by atoms with Crippen LogP contribution in [0.4, 0.5) is 4.79 Å². The van der Waals surface area contributed by atoms with Crippen LogP contribution in [0.1, 0.15) is 37.9 Å². The first-order valence-electron chi connectivity index (χ1n) is 9.89. The van der Waals surface area contributed by atoms with Gasteiger partial charge in [0.1, 0.15) is 0 Å². The summed E-state index contributed by atoms with van der Waals surface area (Å²) in [6, 6.07) is 0.0450. The molecule has 0 bridgehead atoms. The van der Waals surface area contributed by atoms with Crippen molar-refractivity contribution in [3.8, 4) is 0 Å². The van der Waals surface area contributed by atoms with Gasteiger partial charge in [0.15, 0.2) is 5.16 Å². The number of rotatable bonds is 4. The van der Waals surface area contributed by atoms with E-state index in [1.54, 1.807) is 16.4 Å². The van der Waals surface area contributed by atoms with Crippen LogP contribution in [-0.2, 0) is 22.5 Å². The third-order valence-electron chi connectivity index (χ3n) is 5.34. The van der Waals surface area contributed by atoms with Crippen molar-refractivity contribution >= 4 is 23.8 Å². The highest BCUT2D eigenvalue weighted by atomic mass is 32.2. The highest BCUT2D eigenvalue weighted by molar-refractivity contribution is 7.99. The van der Waals surface area contributed by atoms with Crippen molar-refractivity contribution in [2.24, 2.45) is 5.92 Å². The van der Waals surface area contributed by atoms with Crippen molar-refractivity contribution < 1.29 is 14.3 Å². The van der Waals surface area contributed by atoms with Gasteiger partial charge in [0, 0.05) is 42.7 Å². The molecule has 0 saturated carbocycles. The summed E-state index contributed by atoms with van der Waals surface area (Å²) in [4.78, 5) is 43.5. The summed E-state index contributed by atoms with van der Waals surface area (Å²) in [5, 5.41) is 3.80. The van der Waals surface area contributed by atoms with E-state index in [1.165, 1.54) is 11.8 Å². The highest BCUT2D eigenvalue weighted by Crippen LogP contribution is 2.26. The quantitative estimate of drug-likeness (QED) is 0.760. The lowest BCUT2D eigenvalue weighted by atomic mass is 10.0. The molecule has 2 aliphatic heterocycles. The standard InChI is InChI=1S/C19H28N4O4S/c1-4-15-12(3)20-18-23(17(15)25)10-13(11-28-18)16(24)21-14-6-8-22(9-7-14)19(26)27-5-2/h13-14H,4-11H2,1-3H3,(H,21,24). The number of ether oxygens (including phenoxy) is 1. The Hall–Kier alpha value is -2.03. The number of hydrogen-bond donors (Lipinski definition) is 1. The summed E-state index contributed by atoms with van der Waals surface area (Å²) in [6.07, 6.45) is 1.77. The number of carbonyl (C=O) groups is 2. The van der Waals surface area contributed by atoms with Crippen molar-refractivity contribution in [3.63, 3.8) is 0 Å². The van der Waals surface area contributed by atoms with Crippen LogP contribution in [0, 0.1) is 12.8 Å². The number of hydrogen-bond acceptors (Lipinski definition) is 6. The van der Waals surface area contributed by atoms with E-state index < -0.39 is 0 Å². The minimum atomic E-state index is -0.290. The predicted octanol–water partition coefficient (Wildman–Crippen LogP) is 1.57. The Balaban J connectivity index is 1.59. The SMILES string of the molecule is CCOC(=O)N1CCC(NC(=O)C2CSc3nc(C)c(CC)c(=O)n3C2)CC1. The smallest absolute Gasteiger partial charge is 0.409 e. The van der Waals surface area contributed by atoms with Gasteiger partial charge in [-0.3, -0.25) is 14.2 Å². The molecule has 28 heavy (non-hydrogen) atoms. The van der Waals surface area contributed by atoms with Crippen LogP contribution in [0.5, 0.6) is 0 Å². The molecule has 2 aliphatic rings. The molecule has 0 spiro atoms. The van der Waals surface area contributed by atoms with Crippen molar-refractivity contribution in [1.82, 2.24) is 19.8 Å². The predicted molar refractivity (Wildman–Crippen MR) is 107 cm³/mol. The normalized spacial score (nSPS) is 19.8. The Kier molecular flexibility index (Phi) is 6.64. The van der Waals surface area contributed by atoms with E-state index in [4.69, 9.17) is 4.74 Å². The third kappa shape index (κ3) is 4.34. The zero-order valence-electron chi connectivity index (χ0n) is 16.7. The van der Waals surface area contributed by atoms with E-state index in [9.17, 15) is 14.4 Å². The van der Waals surface area contributed by atoms with Crippen LogP contribution in [-0.4, -0.2) is 57.9 Å². The minimum absolute atomic E-state index is 0.0294. The van der Waals surface area contributed by atoms with Gasteiger partial charge in [0.2, 0.25) is 5.91 Å². The molecule has 1 aromatic rings. The second-order valence-corrected chi connectivity index (χ2v) is 8.19. The summed E-state index contributed by atoms with van der Waals surface area (Å²) in [6.45, 7) is 7.49. The lowest BCUT2D eigenvalue weighted by molar-refractivity contribution is -0.125. The number of thioether (sulfide) groups is 1. The summed E-state index contributed by atoms with van der Waals surface area (Å²) in [5.41, 5.74) is 1.47. The highest BCUT2D eigenvalue weighted by Gasteiger charge is 2.31. The number of nitrogens with one attached hydrogen (secondary N) is 1. The largest absolute Gasteiger partial charge is 0.450 e. The van der Waals surface area contributed by atoms with E-state index in [0.717, 1.165) is 11.3 Å². The summed E-state index contributed by atoms with van der Waals surface area (Å²) in [5.74, 6) is 0.330. The van der Waals surface area contributed by atoms with Crippen LogP contribution < -0.4 is 10.9 Å². The Morgan fingerprint density at radius 2 is 2.00 bits per heavy atom. The molecule has 1 saturated heterocycles. The maximum atomic E-state index is 12.8. The van der Waals surface area contributed by atoms with E-state index in [2.05, 4.69) is 10.3 Å². The Bertz CT molecular complexity index is 802. The Morgan fingerprint density at radius 1 is 1.29 bits per heavy atom. The maximum absolute atomic E-state index is 12.8. The van der Waals surface area contributed by atoms with Gasteiger partial charge in [-0.15, -0.1) is 0 Å². The lowest BCUT2D eigenvalue weighted by Crippen LogP contribution is -2.49. The van der Waals surface area contributed by atoms with E-state index >= 15 is 0 Å². The molecule has 0 radical (unpaired) electrons.